The molecule has 28 heavy (non-hydrogen) atoms. The number of hydrogen-bond donors (Lipinski definition) is 0. The average Bonchev–Trinajstić information content (AvgIpc) is 2.66. The highest BCUT2D eigenvalue weighted by Gasteiger charge is 2.15. The topological polar surface area (TPSA) is 0 Å². The molecule has 0 aliphatic carbocycles. The first kappa shape index (κ1) is 18.8. The summed E-state index contributed by atoms with van der Waals surface area (Å²) in [6.45, 7) is 13.2. The predicted molar refractivity (Wildman–Crippen MR) is 125 cm³/mol. The Morgan fingerprint density at radius 3 is 2.18 bits per heavy atom. The highest BCUT2D eigenvalue weighted by atomic mass is 32.2. The van der Waals surface area contributed by atoms with Gasteiger partial charge in [0.15, 0.2) is 0 Å². The van der Waals surface area contributed by atoms with E-state index in [0.717, 1.165) is 5.57 Å². The first-order chi connectivity index (χ1) is 13.3. The fourth-order valence-electron chi connectivity index (χ4n) is 3.77. The van der Waals surface area contributed by atoms with E-state index in [1.807, 2.05) is 11.8 Å². The quantitative estimate of drug-likeness (QED) is 0.320. The summed E-state index contributed by atoms with van der Waals surface area (Å²) in [5, 5.41) is 5.12. The lowest BCUT2D eigenvalue weighted by Gasteiger charge is -2.19. The largest absolute Gasteiger partial charge is 0.0955 e. The van der Waals surface area contributed by atoms with Crippen molar-refractivity contribution in [2.24, 2.45) is 0 Å². The van der Waals surface area contributed by atoms with Gasteiger partial charge in [0.25, 0.3) is 0 Å². The Morgan fingerprint density at radius 1 is 0.821 bits per heavy atom. The van der Waals surface area contributed by atoms with Crippen molar-refractivity contribution in [2.45, 2.75) is 42.9 Å². The SMILES string of the molecule is C=C(C)c1c2ccccc2cc2cccc(Sc3ccc(C(C)(C)C)cc3)c12. The Labute approximate surface area is 172 Å². The average molecular weight is 383 g/mol. The lowest BCUT2D eigenvalue weighted by atomic mass is 9.87. The fraction of sp³-hybridized carbons (Fsp3) is 0.185. The van der Waals surface area contributed by atoms with Gasteiger partial charge in [0.1, 0.15) is 0 Å². The van der Waals surface area contributed by atoms with E-state index in [9.17, 15) is 0 Å². The van der Waals surface area contributed by atoms with Crippen molar-refractivity contribution in [3.63, 3.8) is 0 Å². The van der Waals surface area contributed by atoms with E-state index in [1.165, 1.54) is 42.5 Å². The molecule has 4 aromatic rings. The van der Waals surface area contributed by atoms with E-state index >= 15 is 0 Å². The van der Waals surface area contributed by atoms with Crippen LogP contribution in [0, 0.1) is 0 Å². The van der Waals surface area contributed by atoms with Crippen LogP contribution in [-0.4, -0.2) is 0 Å². The molecule has 4 rings (SSSR count). The van der Waals surface area contributed by atoms with Gasteiger partial charge in [-0.15, -0.1) is 0 Å². The van der Waals surface area contributed by atoms with Crippen molar-refractivity contribution in [3.05, 3.63) is 90.5 Å². The van der Waals surface area contributed by atoms with E-state index in [4.69, 9.17) is 0 Å². The second kappa shape index (κ2) is 7.14. The van der Waals surface area contributed by atoms with Crippen LogP contribution >= 0.6 is 11.8 Å². The maximum Gasteiger partial charge on any atom is 0.0207 e. The van der Waals surface area contributed by atoms with E-state index in [2.05, 4.69) is 107 Å². The van der Waals surface area contributed by atoms with Crippen LogP contribution in [0.1, 0.15) is 38.8 Å². The minimum Gasteiger partial charge on any atom is -0.0955 e. The van der Waals surface area contributed by atoms with Gasteiger partial charge in [-0.2, -0.15) is 0 Å². The normalized spacial score (nSPS) is 11.9. The van der Waals surface area contributed by atoms with Crippen LogP contribution in [0.3, 0.4) is 0 Å². The van der Waals surface area contributed by atoms with Crippen LogP contribution in [-0.2, 0) is 5.41 Å². The zero-order valence-corrected chi connectivity index (χ0v) is 17.9. The lowest BCUT2D eigenvalue weighted by Crippen LogP contribution is -2.10. The van der Waals surface area contributed by atoms with Gasteiger partial charge in [-0.05, 0) is 69.5 Å². The molecular formula is C27H26S. The smallest absolute Gasteiger partial charge is 0.0207 e. The van der Waals surface area contributed by atoms with Gasteiger partial charge in [-0.1, -0.05) is 87.6 Å². The van der Waals surface area contributed by atoms with Gasteiger partial charge < -0.3 is 0 Å². The highest BCUT2D eigenvalue weighted by Crippen LogP contribution is 2.40. The molecule has 0 bridgehead atoms. The summed E-state index contributed by atoms with van der Waals surface area (Å²) in [4.78, 5) is 2.55. The van der Waals surface area contributed by atoms with E-state index < -0.39 is 0 Å². The van der Waals surface area contributed by atoms with Gasteiger partial charge in [-0.25, -0.2) is 0 Å². The van der Waals surface area contributed by atoms with Gasteiger partial charge in [0, 0.05) is 15.2 Å². The predicted octanol–water partition coefficient (Wildman–Crippen LogP) is 8.47. The Balaban J connectivity index is 1.88. The number of benzene rings is 4. The molecule has 0 unspecified atom stereocenters. The van der Waals surface area contributed by atoms with Crippen LogP contribution < -0.4 is 0 Å². The molecule has 0 aliphatic heterocycles. The molecule has 0 heterocycles. The molecule has 0 radical (unpaired) electrons. The van der Waals surface area contributed by atoms with Crippen molar-refractivity contribution in [1.29, 1.82) is 0 Å². The van der Waals surface area contributed by atoms with Crippen molar-refractivity contribution in [2.75, 3.05) is 0 Å². The number of allylic oxidation sites excluding steroid dienone is 1. The molecule has 4 aromatic carbocycles. The molecule has 0 N–H and O–H groups in total. The van der Waals surface area contributed by atoms with Crippen LogP contribution in [0.5, 0.6) is 0 Å². The summed E-state index contributed by atoms with van der Waals surface area (Å²) in [5.41, 5.74) is 3.91. The molecule has 0 aliphatic rings. The van der Waals surface area contributed by atoms with Crippen LogP contribution in [0.4, 0.5) is 0 Å². The second-order valence-corrected chi connectivity index (χ2v) is 9.60. The van der Waals surface area contributed by atoms with Gasteiger partial charge in [-0.3, -0.25) is 0 Å². The third kappa shape index (κ3) is 3.47. The highest BCUT2D eigenvalue weighted by molar-refractivity contribution is 7.99. The minimum absolute atomic E-state index is 0.175. The molecule has 0 saturated heterocycles. The molecule has 140 valence electrons. The first-order valence-corrected chi connectivity index (χ1v) is 10.5. The fourth-order valence-corrected chi connectivity index (χ4v) is 4.76. The molecule has 0 atom stereocenters. The summed E-state index contributed by atoms with van der Waals surface area (Å²) in [6.07, 6.45) is 0. The van der Waals surface area contributed by atoms with E-state index in [-0.39, 0.29) is 5.41 Å². The lowest BCUT2D eigenvalue weighted by molar-refractivity contribution is 0.590. The van der Waals surface area contributed by atoms with E-state index in [0.29, 0.717) is 0 Å². The third-order valence-corrected chi connectivity index (χ3v) is 6.29. The molecule has 0 nitrogen and oxygen atoms in total. The standard InChI is InChI=1S/C27H26S/c1-18(2)25-23-11-7-6-9-19(23)17-20-10-8-12-24(26(20)25)28-22-15-13-21(14-16-22)27(3,4)5/h6-17H,1H2,2-5H3. The third-order valence-electron chi connectivity index (χ3n) is 5.22. The van der Waals surface area contributed by atoms with Crippen molar-refractivity contribution in [1.82, 2.24) is 0 Å². The Hall–Kier alpha value is -2.51. The maximum absolute atomic E-state index is 4.30. The number of rotatable bonds is 3. The molecule has 0 fully saturated rings. The summed E-state index contributed by atoms with van der Waals surface area (Å²) < 4.78 is 0. The minimum atomic E-state index is 0.175. The Morgan fingerprint density at radius 2 is 1.50 bits per heavy atom. The summed E-state index contributed by atoms with van der Waals surface area (Å²) in [7, 11) is 0. The maximum atomic E-state index is 4.30. The van der Waals surface area contributed by atoms with Crippen molar-refractivity contribution >= 4 is 38.9 Å². The van der Waals surface area contributed by atoms with Crippen LogP contribution in [0.25, 0.3) is 27.1 Å². The Bertz CT molecular complexity index is 1170. The summed E-state index contributed by atoms with van der Waals surface area (Å²) in [6, 6.07) is 26.5. The van der Waals surface area contributed by atoms with Crippen LogP contribution in [0.2, 0.25) is 0 Å². The monoisotopic (exact) mass is 382 g/mol. The second-order valence-electron chi connectivity index (χ2n) is 8.48. The first-order valence-electron chi connectivity index (χ1n) is 9.73. The van der Waals surface area contributed by atoms with Crippen molar-refractivity contribution in [3.8, 4) is 0 Å². The zero-order valence-electron chi connectivity index (χ0n) is 17.0. The van der Waals surface area contributed by atoms with Crippen LogP contribution in [0.15, 0.2) is 89.2 Å². The Kier molecular flexibility index (Phi) is 4.81. The molecule has 0 amide bonds. The number of hydrogen-bond acceptors (Lipinski definition) is 1. The van der Waals surface area contributed by atoms with Gasteiger partial charge in [0.2, 0.25) is 0 Å². The molecule has 1 heteroatoms. The van der Waals surface area contributed by atoms with Gasteiger partial charge in [0.05, 0.1) is 0 Å². The van der Waals surface area contributed by atoms with E-state index in [1.54, 1.807) is 0 Å². The molecular weight excluding hydrogens is 356 g/mol. The molecule has 0 aromatic heterocycles. The summed E-state index contributed by atoms with van der Waals surface area (Å²) in [5.74, 6) is 0. The molecule has 0 spiro atoms. The summed E-state index contributed by atoms with van der Waals surface area (Å²) >= 11 is 1.84. The molecule has 0 saturated carbocycles. The van der Waals surface area contributed by atoms with Gasteiger partial charge >= 0.3 is 0 Å². The zero-order chi connectivity index (χ0) is 19.9. The van der Waals surface area contributed by atoms with Crippen molar-refractivity contribution < 1.29 is 0 Å². The number of fused-ring (bicyclic) bond motifs is 2.